The molecule has 0 bridgehead atoms. The van der Waals surface area contributed by atoms with E-state index >= 15 is 0 Å². The summed E-state index contributed by atoms with van der Waals surface area (Å²) in [6.45, 7) is 1.95. The van der Waals surface area contributed by atoms with Crippen molar-refractivity contribution in [1.29, 1.82) is 0 Å². The van der Waals surface area contributed by atoms with Crippen LogP contribution in [0.5, 0.6) is 0 Å². The highest BCUT2D eigenvalue weighted by atomic mass is 79.9. The van der Waals surface area contributed by atoms with Crippen LogP contribution >= 0.6 is 38.9 Å². The largest absolute Gasteiger partial charge is 0.457 e. The number of benzene rings is 2. The average molecular weight is 500 g/mol. The molecule has 30 heavy (non-hydrogen) atoms. The van der Waals surface area contributed by atoms with E-state index in [0.717, 1.165) is 26.9 Å². The number of amides is 1. The first-order valence-electron chi connectivity index (χ1n) is 9.05. The van der Waals surface area contributed by atoms with Crippen LogP contribution in [0.4, 0.5) is 5.13 Å². The second-order valence-electron chi connectivity index (χ2n) is 6.53. The topological polar surface area (TPSA) is 55.1 Å². The second-order valence-corrected chi connectivity index (χ2v) is 8.71. The van der Waals surface area contributed by atoms with E-state index in [9.17, 15) is 4.79 Å². The molecular weight excluding hydrogens is 484 g/mol. The van der Waals surface area contributed by atoms with E-state index in [4.69, 9.17) is 16.0 Å². The van der Waals surface area contributed by atoms with E-state index in [2.05, 4.69) is 26.2 Å². The van der Waals surface area contributed by atoms with Crippen molar-refractivity contribution in [3.8, 4) is 22.6 Å². The SMILES string of the molecule is Cc1ccc(-c2ccc(/C=C/C(=O)Nc3nc(-c4ccc(Br)cc4)cs3)o2)cc1Cl. The van der Waals surface area contributed by atoms with Crippen LogP contribution in [0.25, 0.3) is 28.7 Å². The Bertz CT molecular complexity index is 1230. The molecule has 0 atom stereocenters. The summed E-state index contributed by atoms with van der Waals surface area (Å²) in [6, 6.07) is 17.3. The van der Waals surface area contributed by atoms with Crippen molar-refractivity contribution in [2.75, 3.05) is 5.32 Å². The Kier molecular flexibility index (Phi) is 6.18. The highest BCUT2D eigenvalue weighted by Gasteiger charge is 2.08. The first-order chi connectivity index (χ1) is 14.5. The third-order valence-electron chi connectivity index (χ3n) is 4.36. The number of halogens is 2. The zero-order valence-electron chi connectivity index (χ0n) is 15.9. The summed E-state index contributed by atoms with van der Waals surface area (Å²) in [7, 11) is 0. The molecule has 0 aliphatic carbocycles. The Morgan fingerprint density at radius 1 is 1.13 bits per heavy atom. The Hall–Kier alpha value is -2.67. The van der Waals surface area contributed by atoms with Crippen LogP contribution in [-0.2, 0) is 4.79 Å². The first kappa shape index (κ1) is 20.6. The molecule has 4 aromatic rings. The average Bonchev–Trinajstić information content (AvgIpc) is 3.39. The fraction of sp³-hybridized carbons (Fsp3) is 0.0435. The number of aromatic nitrogens is 1. The van der Waals surface area contributed by atoms with Gasteiger partial charge in [-0.1, -0.05) is 51.8 Å². The van der Waals surface area contributed by atoms with Gasteiger partial charge < -0.3 is 4.42 Å². The smallest absolute Gasteiger partial charge is 0.250 e. The number of nitrogens with zero attached hydrogens (tertiary/aromatic N) is 1. The van der Waals surface area contributed by atoms with Crippen LogP contribution in [-0.4, -0.2) is 10.9 Å². The molecule has 4 nitrogen and oxygen atoms in total. The molecule has 150 valence electrons. The maximum Gasteiger partial charge on any atom is 0.250 e. The summed E-state index contributed by atoms with van der Waals surface area (Å²) in [5.41, 5.74) is 3.70. The highest BCUT2D eigenvalue weighted by Crippen LogP contribution is 2.28. The molecule has 4 rings (SSSR count). The van der Waals surface area contributed by atoms with E-state index in [0.29, 0.717) is 21.7 Å². The number of anilines is 1. The summed E-state index contributed by atoms with van der Waals surface area (Å²) in [5, 5.41) is 5.92. The van der Waals surface area contributed by atoms with Crippen LogP contribution in [0, 0.1) is 6.92 Å². The Balaban J connectivity index is 1.40. The zero-order chi connectivity index (χ0) is 21.1. The van der Waals surface area contributed by atoms with Crippen LogP contribution in [0.2, 0.25) is 5.02 Å². The maximum atomic E-state index is 12.2. The van der Waals surface area contributed by atoms with Gasteiger partial charge in [0, 0.05) is 32.1 Å². The molecule has 0 aliphatic heterocycles. The second kappa shape index (κ2) is 9.00. The quantitative estimate of drug-likeness (QED) is 0.290. The number of aryl methyl sites for hydroxylation is 1. The zero-order valence-corrected chi connectivity index (χ0v) is 19.0. The van der Waals surface area contributed by atoms with Crippen LogP contribution in [0.15, 0.2) is 74.9 Å². The van der Waals surface area contributed by atoms with Gasteiger partial charge >= 0.3 is 0 Å². The minimum absolute atomic E-state index is 0.275. The Morgan fingerprint density at radius 2 is 1.90 bits per heavy atom. The molecule has 2 aromatic carbocycles. The molecule has 0 saturated carbocycles. The monoisotopic (exact) mass is 498 g/mol. The van der Waals surface area contributed by atoms with Gasteiger partial charge in [0.05, 0.1) is 5.69 Å². The number of hydrogen-bond donors (Lipinski definition) is 1. The molecule has 0 spiro atoms. The number of furan rings is 1. The number of hydrogen-bond acceptors (Lipinski definition) is 4. The predicted octanol–water partition coefficient (Wildman–Crippen LogP) is 7.45. The molecule has 7 heteroatoms. The van der Waals surface area contributed by atoms with E-state index in [1.165, 1.54) is 17.4 Å². The Morgan fingerprint density at radius 3 is 2.67 bits per heavy atom. The molecule has 0 saturated heterocycles. The molecule has 0 aliphatic rings. The maximum absolute atomic E-state index is 12.2. The fourth-order valence-corrected chi connectivity index (χ4v) is 3.90. The predicted molar refractivity (Wildman–Crippen MR) is 127 cm³/mol. The van der Waals surface area contributed by atoms with E-state index in [-0.39, 0.29) is 5.91 Å². The first-order valence-corrected chi connectivity index (χ1v) is 11.1. The van der Waals surface area contributed by atoms with Gasteiger partial charge in [0.25, 0.3) is 0 Å². The molecular formula is C23H16BrClN2O2S. The molecule has 2 aromatic heterocycles. The lowest BCUT2D eigenvalue weighted by atomic mass is 10.1. The van der Waals surface area contributed by atoms with E-state index < -0.39 is 0 Å². The highest BCUT2D eigenvalue weighted by molar-refractivity contribution is 9.10. The van der Waals surface area contributed by atoms with Crippen molar-refractivity contribution in [1.82, 2.24) is 4.98 Å². The summed E-state index contributed by atoms with van der Waals surface area (Å²) >= 11 is 11.0. The van der Waals surface area contributed by atoms with Crippen molar-refractivity contribution < 1.29 is 9.21 Å². The van der Waals surface area contributed by atoms with Gasteiger partial charge in [-0.3, -0.25) is 10.1 Å². The van der Waals surface area contributed by atoms with E-state index in [1.807, 2.05) is 66.9 Å². The minimum atomic E-state index is -0.275. The summed E-state index contributed by atoms with van der Waals surface area (Å²) in [6.07, 6.45) is 3.04. The summed E-state index contributed by atoms with van der Waals surface area (Å²) in [4.78, 5) is 16.7. The van der Waals surface area contributed by atoms with Crippen LogP contribution in [0.1, 0.15) is 11.3 Å². The summed E-state index contributed by atoms with van der Waals surface area (Å²) < 4.78 is 6.80. The lowest BCUT2D eigenvalue weighted by molar-refractivity contribution is -0.111. The van der Waals surface area contributed by atoms with Gasteiger partial charge in [-0.2, -0.15) is 0 Å². The lowest BCUT2D eigenvalue weighted by Crippen LogP contribution is -2.07. The fourth-order valence-electron chi connectivity index (χ4n) is 2.73. The normalized spacial score (nSPS) is 11.2. The third-order valence-corrected chi connectivity index (χ3v) is 6.05. The number of rotatable bonds is 5. The third kappa shape index (κ3) is 4.90. The molecule has 0 fully saturated rings. The van der Waals surface area contributed by atoms with E-state index in [1.54, 1.807) is 6.08 Å². The Labute approximate surface area is 191 Å². The standard InChI is InChI=1S/C23H16BrClN2O2S/c1-14-2-3-16(12-19(14)25)21-10-8-18(29-21)9-11-22(28)27-23-26-20(13-30-23)15-4-6-17(24)7-5-15/h2-13H,1H3,(H,26,27,28)/b11-9+. The number of carbonyl (C=O) groups excluding carboxylic acids is 1. The van der Waals surface area contributed by atoms with Gasteiger partial charge in [0.2, 0.25) is 5.91 Å². The minimum Gasteiger partial charge on any atom is -0.457 e. The van der Waals surface area contributed by atoms with Gasteiger partial charge in [-0.05, 0) is 48.9 Å². The summed E-state index contributed by atoms with van der Waals surface area (Å²) in [5.74, 6) is 0.991. The van der Waals surface area contributed by atoms with Crippen molar-refractivity contribution >= 4 is 56.0 Å². The number of nitrogens with one attached hydrogen (secondary N) is 1. The van der Waals surface area contributed by atoms with Gasteiger partial charge in [0.1, 0.15) is 11.5 Å². The van der Waals surface area contributed by atoms with Gasteiger partial charge in [-0.15, -0.1) is 11.3 Å². The van der Waals surface area contributed by atoms with Crippen molar-refractivity contribution in [2.45, 2.75) is 6.92 Å². The van der Waals surface area contributed by atoms with Crippen molar-refractivity contribution in [2.24, 2.45) is 0 Å². The molecule has 0 unspecified atom stereocenters. The van der Waals surface area contributed by atoms with Gasteiger partial charge in [-0.25, -0.2) is 4.98 Å². The van der Waals surface area contributed by atoms with Gasteiger partial charge in [0.15, 0.2) is 5.13 Å². The molecule has 2 heterocycles. The van der Waals surface area contributed by atoms with Crippen molar-refractivity contribution in [3.63, 3.8) is 0 Å². The number of carbonyl (C=O) groups is 1. The molecule has 0 radical (unpaired) electrons. The lowest BCUT2D eigenvalue weighted by Gasteiger charge is -2.00. The van der Waals surface area contributed by atoms with Crippen molar-refractivity contribution in [3.05, 3.63) is 86.9 Å². The molecule has 1 amide bonds. The number of thiazole rings is 1. The van der Waals surface area contributed by atoms with Crippen LogP contribution < -0.4 is 5.32 Å². The van der Waals surface area contributed by atoms with Crippen LogP contribution in [0.3, 0.4) is 0 Å². The molecule has 1 N–H and O–H groups in total.